The largest absolute Gasteiger partial charge is 0.487 e. The maximum Gasteiger partial charge on any atom is 0.134 e. The quantitative estimate of drug-likeness (QED) is 0.578. The Hall–Kier alpha value is -1.14. The first-order valence-electron chi connectivity index (χ1n) is 8.30. The van der Waals surface area contributed by atoms with Crippen LogP contribution in [0.15, 0.2) is 24.3 Å². The van der Waals surface area contributed by atoms with Gasteiger partial charge < -0.3 is 24.6 Å². The van der Waals surface area contributed by atoms with Gasteiger partial charge in [-0.15, -0.1) is 0 Å². The van der Waals surface area contributed by atoms with Crippen LogP contribution in [0.5, 0.6) is 5.75 Å². The first-order chi connectivity index (χ1) is 11.0. The molecule has 132 valence electrons. The molecule has 2 N–H and O–H groups in total. The minimum Gasteiger partial charge on any atom is -0.487 e. The molecule has 0 amide bonds. The van der Waals surface area contributed by atoms with E-state index in [0.717, 1.165) is 11.3 Å². The van der Waals surface area contributed by atoms with Crippen LogP contribution in [-0.4, -0.2) is 49.7 Å². The van der Waals surface area contributed by atoms with Crippen LogP contribution >= 0.6 is 0 Å². The van der Waals surface area contributed by atoms with Gasteiger partial charge in [-0.05, 0) is 31.5 Å². The zero-order valence-corrected chi connectivity index (χ0v) is 14.7. The van der Waals surface area contributed by atoms with Crippen molar-refractivity contribution in [3.63, 3.8) is 0 Å². The molecule has 0 heterocycles. The van der Waals surface area contributed by atoms with Crippen molar-refractivity contribution in [1.29, 1.82) is 0 Å². The van der Waals surface area contributed by atoms with Gasteiger partial charge in [0.25, 0.3) is 0 Å². The number of benzene rings is 1. The van der Waals surface area contributed by atoms with Crippen LogP contribution in [0.1, 0.15) is 33.3 Å². The van der Waals surface area contributed by atoms with Crippen molar-refractivity contribution in [2.75, 3.05) is 26.4 Å². The molecular weight excluding hydrogens is 294 g/mol. The predicted octanol–water partition coefficient (Wildman–Crippen LogP) is 2.37. The number of hydrogen-bond acceptors (Lipinski definition) is 5. The fourth-order valence-electron chi connectivity index (χ4n) is 1.90. The van der Waals surface area contributed by atoms with Crippen molar-refractivity contribution in [1.82, 2.24) is 5.32 Å². The van der Waals surface area contributed by atoms with E-state index in [2.05, 4.69) is 19.2 Å². The number of ether oxygens (including phenoxy) is 3. The van der Waals surface area contributed by atoms with E-state index in [0.29, 0.717) is 32.4 Å². The van der Waals surface area contributed by atoms with E-state index in [4.69, 9.17) is 14.2 Å². The minimum atomic E-state index is -0.243. The summed E-state index contributed by atoms with van der Waals surface area (Å²) in [6.45, 7) is 10.5. The molecule has 1 aromatic rings. The van der Waals surface area contributed by atoms with Gasteiger partial charge in [0.05, 0.1) is 32.5 Å². The van der Waals surface area contributed by atoms with Crippen LogP contribution < -0.4 is 10.1 Å². The lowest BCUT2D eigenvalue weighted by atomic mass is 10.2. The number of rotatable bonds is 12. The molecule has 0 saturated heterocycles. The lowest BCUT2D eigenvalue weighted by Gasteiger charge is -2.19. The highest BCUT2D eigenvalue weighted by molar-refractivity contribution is 5.27. The lowest BCUT2D eigenvalue weighted by Crippen LogP contribution is -2.37. The highest BCUT2D eigenvalue weighted by Gasteiger charge is 2.09. The zero-order chi connectivity index (χ0) is 17.1. The Morgan fingerprint density at radius 2 is 1.74 bits per heavy atom. The van der Waals surface area contributed by atoms with Crippen LogP contribution in [0.2, 0.25) is 0 Å². The van der Waals surface area contributed by atoms with Crippen LogP contribution in [0.25, 0.3) is 0 Å². The Bertz CT molecular complexity index is 406. The summed E-state index contributed by atoms with van der Waals surface area (Å²) in [7, 11) is 0. The molecule has 0 spiro atoms. The van der Waals surface area contributed by atoms with Gasteiger partial charge in [0.2, 0.25) is 0 Å². The van der Waals surface area contributed by atoms with E-state index in [9.17, 15) is 5.11 Å². The first-order valence-corrected chi connectivity index (χ1v) is 8.30. The third-order valence-corrected chi connectivity index (χ3v) is 3.13. The predicted molar refractivity (Wildman–Crippen MR) is 91.8 cm³/mol. The van der Waals surface area contributed by atoms with E-state index in [1.807, 2.05) is 38.1 Å². The summed E-state index contributed by atoms with van der Waals surface area (Å²) in [4.78, 5) is 0. The smallest absolute Gasteiger partial charge is 0.134 e. The Morgan fingerprint density at radius 3 is 2.30 bits per heavy atom. The van der Waals surface area contributed by atoms with Crippen LogP contribution in [0.3, 0.4) is 0 Å². The van der Waals surface area contributed by atoms with Crippen molar-refractivity contribution in [3.8, 4) is 5.75 Å². The number of aliphatic hydroxyl groups excluding tert-OH is 1. The third kappa shape index (κ3) is 9.56. The molecule has 0 bridgehead atoms. The average Bonchev–Trinajstić information content (AvgIpc) is 2.52. The Morgan fingerprint density at radius 1 is 1.04 bits per heavy atom. The van der Waals surface area contributed by atoms with Gasteiger partial charge in [0, 0.05) is 12.6 Å². The fourth-order valence-corrected chi connectivity index (χ4v) is 1.90. The van der Waals surface area contributed by atoms with Crippen molar-refractivity contribution in [2.45, 2.75) is 52.6 Å². The van der Waals surface area contributed by atoms with Gasteiger partial charge in [-0.25, -0.2) is 0 Å². The molecule has 0 aliphatic rings. The maximum atomic E-state index is 9.36. The molecular formula is C18H31NO4. The van der Waals surface area contributed by atoms with Gasteiger partial charge in [-0.1, -0.05) is 26.0 Å². The van der Waals surface area contributed by atoms with Crippen molar-refractivity contribution >= 4 is 0 Å². The molecule has 5 heteroatoms. The summed E-state index contributed by atoms with van der Waals surface area (Å²) >= 11 is 0. The van der Waals surface area contributed by atoms with Crippen LogP contribution in [0.4, 0.5) is 0 Å². The Labute approximate surface area is 139 Å². The summed E-state index contributed by atoms with van der Waals surface area (Å²) < 4.78 is 16.7. The second-order valence-corrected chi connectivity index (χ2v) is 6.10. The number of hydrogen-bond donors (Lipinski definition) is 2. The van der Waals surface area contributed by atoms with E-state index >= 15 is 0 Å². The number of nitrogens with one attached hydrogen (secondary N) is 1. The topological polar surface area (TPSA) is 60.0 Å². The van der Waals surface area contributed by atoms with Crippen LogP contribution in [0, 0.1) is 0 Å². The molecule has 5 nitrogen and oxygen atoms in total. The molecule has 0 fully saturated rings. The molecule has 0 radical (unpaired) electrons. The van der Waals surface area contributed by atoms with E-state index in [1.165, 1.54) is 0 Å². The van der Waals surface area contributed by atoms with Crippen molar-refractivity contribution < 1.29 is 19.3 Å². The summed E-state index contributed by atoms with van der Waals surface area (Å²) in [5.74, 6) is 0.751. The molecule has 0 aliphatic carbocycles. The lowest BCUT2D eigenvalue weighted by molar-refractivity contribution is 0.0143. The van der Waals surface area contributed by atoms with Gasteiger partial charge >= 0.3 is 0 Å². The summed E-state index contributed by atoms with van der Waals surface area (Å²) in [5, 5.41) is 12.6. The van der Waals surface area contributed by atoms with Gasteiger partial charge in [0.1, 0.15) is 11.9 Å². The van der Waals surface area contributed by atoms with E-state index in [-0.39, 0.29) is 18.8 Å². The highest BCUT2D eigenvalue weighted by atomic mass is 16.5. The second kappa shape index (κ2) is 11.4. The maximum absolute atomic E-state index is 9.36. The Kier molecular flexibility index (Phi) is 9.87. The fraction of sp³-hybridized carbons (Fsp3) is 0.667. The first kappa shape index (κ1) is 19.9. The summed E-state index contributed by atoms with van der Waals surface area (Å²) in [6.07, 6.45) is -0.00706. The highest BCUT2D eigenvalue weighted by Crippen LogP contribution is 2.14. The van der Waals surface area contributed by atoms with E-state index in [1.54, 1.807) is 0 Å². The van der Waals surface area contributed by atoms with E-state index < -0.39 is 0 Å². The SMILES string of the molecule is CC(C)NCC(CO)Oc1ccc(COCCOC(C)C)cc1. The average molecular weight is 325 g/mol. The summed E-state index contributed by atoms with van der Waals surface area (Å²) in [5.41, 5.74) is 1.09. The molecule has 0 saturated carbocycles. The van der Waals surface area contributed by atoms with Gasteiger partial charge in [-0.3, -0.25) is 0 Å². The number of aliphatic hydroxyl groups is 1. The van der Waals surface area contributed by atoms with Crippen LogP contribution in [-0.2, 0) is 16.1 Å². The monoisotopic (exact) mass is 325 g/mol. The zero-order valence-electron chi connectivity index (χ0n) is 14.7. The third-order valence-electron chi connectivity index (χ3n) is 3.13. The molecule has 23 heavy (non-hydrogen) atoms. The molecule has 1 unspecified atom stereocenters. The normalized spacial score (nSPS) is 12.8. The summed E-state index contributed by atoms with van der Waals surface area (Å²) in [6, 6.07) is 8.13. The van der Waals surface area contributed by atoms with Crippen molar-refractivity contribution in [2.24, 2.45) is 0 Å². The second-order valence-electron chi connectivity index (χ2n) is 6.10. The van der Waals surface area contributed by atoms with Gasteiger partial charge in [-0.2, -0.15) is 0 Å². The minimum absolute atomic E-state index is 0.0135. The molecule has 0 aromatic heterocycles. The molecule has 1 atom stereocenters. The van der Waals surface area contributed by atoms with Crippen molar-refractivity contribution in [3.05, 3.63) is 29.8 Å². The molecule has 1 rings (SSSR count). The standard InChI is InChI=1S/C18H31NO4/c1-14(2)19-11-18(12-20)23-17-7-5-16(6-8-17)13-21-9-10-22-15(3)4/h5-8,14-15,18-20H,9-13H2,1-4H3. The molecule has 1 aromatic carbocycles. The molecule has 0 aliphatic heterocycles. The van der Waals surface area contributed by atoms with Gasteiger partial charge in [0.15, 0.2) is 0 Å². The Balaban J connectivity index is 2.31.